The van der Waals surface area contributed by atoms with Crippen LogP contribution in [0.4, 0.5) is 5.69 Å². The monoisotopic (exact) mass is 357 g/mol. The number of nitrogens with one attached hydrogen (secondary N) is 1. The number of esters is 1. The number of hydrogen-bond acceptors (Lipinski definition) is 4. The van der Waals surface area contributed by atoms with Crippen molar-refractivity contribution in [3.8, 4) is 0 Å². The van der Waals surface area contributed by atoms with Crippen molar-refractivity contribution in [3.63, 3.8) is 0 Å². The molecule has 4 nitrogen and oxygen atoms in total. The molecule has 0 unspecified atom stereocenters. The van der Waals surface area contributed by atoms with Crippen molar-refractivity contribution in [2.75, 3.05) is 11.6 Å². The van der Waals surface area contributed by atoms with Crippen LogP contribution in [0.2, 0.25) is 0 Å². The van der Waals surface area contributed by atoms with Crippen LogP contribution in [-0.2, 0) is 9.53 Å². The average Bonchev–Trinajstić information content (AvgIpc) is 2.61. The predicted molar refractivity (Wildman–Crippen MR) is 102 cm³/mol. The first-order valence-electron chi connectivity index (χ1n) is 8.17. The molecule has 0 heterocycles. The van der Waals surface area contributed by atoms with Crippen molar-refractivity contribution < 1.29 is 14.3 Å². The maximum Gasteiger partial charge on any atom is 0.338 e. The second-order valence-corrected chi connectivity index (χ2v) is 6.89. The number of benzene rings is 2. The van der Waals surface area contributed by atoms with E-state index in [0.717, 1.165) is 16.1 Å². The van der Waals surface area contributed by atoms with Crippen LogP contribution >= 0.6 is 11.8 Å². The van der Waals surface area contributed by atoms with Crippen molar-refractivity contribution in [3.05, 3.63) is 59.7 Å². The van der Waals surface area contributed by atoms with E-state index < -0.39 is 12.1 Å². The molecule has 0 aliphatic rings. The SMILES string of the molecule is CSc1ccc(C(=O)O[C@H](C)C(=O)Nc2ccccc2C(C)C)cc1. The third kappa shape index (κ3) is 5.10. The Morgan fingerprint density at radius 3 is 2.24 bits per heavy atom. The standard InChI is InChI=1S/C20H23NO3S/c1-13(2)17-7-5-6-8-18(17)21-19(22)14(3)24-20(23)15-9-11-16(25-4)12-10-15/h5-14H,1-4H3,(H,21,22)/t14-/m1/s1. The molecule has 0 aliphatic carbocycles. The van der Waals surface area contributed by atoms with Gasteiger partial charge < -0.3 is 10.1 Å². The topological polar surface area (TPSA) is 55.4 Å². The summed E-state index contributed by atoms with van der Waals surface area (Å²) in [5, 5.41) is 2.85. The Morgan fingerprint density at radius 2 is 1.64 bits per heavy atom. The van der Waals surface area contributed by atoms with E-state index in [2.05, 4.69) is 19.2 Å². The predicted octanol–water partition coefficient (Wildman–Crippen LogP) is 4.72. The summed E-state index contributed by atoms with van der Waals surface area (Å²) < 4.78 is 5.29. The van der Waals surface area contributed by atoms with Crippen LogP contribution in [0.3, 0.4) is 0 Å². The van der Waals surface area contributed by atoms with Gasteiger partial charge in [0, 0.05) is 10.6 Å². The first-order valence-corrected chi connectivity index (χ1v) is 9.39. The zero-order valence-electron chi connectivity index (χ0n) is 14.9. The van der Waals surface area contributed by atoms with Crippen molar-refractivity contribution in [2.45, 2.75) is 37.7 Å². The molecule has 0 saturated heterocycles. The first-order chi connectivity index (χ1) is 11.9. The van der Waals surface area contributed by atoms with Crippen LogP contribution in [0.5, 0.6) is 0 Å². The van der Waals surface area contributed by atoms with E-state index >= 15 is 0 Å². The van der Waals surface area contributed by atoms with E-state index in [0.29, 0.717) is 5.56 Å². The maximum atomic E-state index is 12.4. The lowest BCUT2D eigenvalue weighted by Crippen LogP contribution is -2.30. The number of anilines is 1. The molecule has 25 heavy (non-hydrogen) atoms. The van der Waals surface area contributed by atoms with Gasteiger partial charge in [-0.3, -0.25) is 4.79 Å². The smallest absolute Gasteiger partial charge is 0.338 e. The molecular formula is C20H23NO3S. The molecule has 0 saturated carbocycles. The van der Waals surface area contributed by atoms with E-state index in [1.807, 2.05) is 42.7 Å². The molecule has 2 aromatic carbocycles. The maximum absolute atomic E-state index is 12.4. The van der Waals surface area contributed by atoms with Crippen LogP contribution in [0.1, 0.15) is 42.6 Å². The molecule has 2 aromatic rings. The Hall–Kier alpha value is -2.27. The Balaban J connectivity index is 2.01. The third-order valence-electron chi connectivity index (χ3n) is 3.82. The molecule has 1 N–H and O–H groups in total. The molecule has 0 aromatic heterocycles. The van der Waals surface area contributed by atoms with Gasteiger partial charge in [0.2, 0.25) is 0 Å². The minimum atomic E-state index is -0.882. The fourth-order valence-electron chi connectivity index (χ4n) is 2.36. The van der Waals surface area contributed by atoms with Gasteiger partial charge in [-0.1, -0.05) is 32.0 Å². The second kappa shape index (κ2) is 8.72. The van der Waals surface area contributed by atoms with Gasteiger partial charge in [-0.05, 0) is 55.0 Å². The molecule has 0 radical (unpaired) electrons. The normalized spacial score (nSPS) is 11.9. The van der Waals surface area contributed by atoms with Gasteiger partial charge in [-0.2, -0.15) is 0 Å². The molecule has 132 valence electrons. The van der Waals surface area contributed by atoms with Gasteiger partial charge in [-0.15, -0.1) is 11.8 Å². The molecule has 0 aliphatic heterocycles. The number of amides is 1. The van der Waals surface area contributed by atoms with E-state index in [-0.39, 0.29) is 11.8 Å². The summed E-state index contributed by atoms with van der Waals surface area (Å²) in [5.74, 6) is -0.570. The zero-order chi connectivity index (χ0) is 18.4. The van der Waals surface area contributed by atoms with Crippen molar-refractivity contribution >= 4 is 29.3 Å². The number of para-hydroxylation sites is 1. The van der Waals surface area contributed by atoms with Crippen molar-refractivity contribution in [1.29, 1.82) is 0 Å². The Kier molecular flexibility index (Phi) is 6.65. The summed E-state index contributed by atoms with van der Waals surface area (Å²) in [5.41, 5.74) is 2.22. The fraction of sp³-hybridized carbons (Fsp3) is 0.300. The van der Waals surface area contributed by atoms with Gasteiger partial charge in [-0.25, -0.2) is 4.79 Å². The molecule has 1 amide bonds. The lowest BCUT2D eigenvalue weighted by Gasteiger charge is -2.17. The van der Waals surface area contributed by atoms with Gasteiger partial charge in [0.05, 0.1) is 5.56 Å². The highest BCUT2D eigenvalue weighted by Crippen LogP contribution is 2.24. The number of hydrogen-bond donors (Lipinski definition) is 1. The van der Waals surface area contributed by atoms with E-state index in [4.69, 9.17) is 4.74 Å². The highest BCUT2D eigenvalue weighted by Gasteiger charge is 2.20. The van der Waals surface area contributed by atoms with Crippen molar-refractivity contribution in [1.82, 2.24) is 0 Å². The van der Waals surface area contributed by atoms with Gasteiger partial charge in [0.25, 0.3) is 5.91 Å². The largest absolute Gasteiger partial charge is 0.449 e. The molecule has 0 bridgehead atoms. The fourth-order valence-corrected chi connectivity index (χ4v) is 2.77. The summed E-state index contributed by atoms with van der Waals surface area (Å²) in [6.45, 7) is 5.70. The first kappa shape index (κ1) is 19.1. The molecule has 0 fully saturated rings. The highest BCUT2D eigenvalue weighted by atomic mass is 32.2. The van der Waals surface area contributed by atoms with Crippen LogP contribution in [-0.4, -0.2) is 24.2 Å². The average molecular weight is 357 g/mol. The van der Waals surface area contributed by atoms with Crippen molar-refractivity contribution in [2.24, 2.45) is 0 Å². The lowest BCUT2D eigenvalue weighted by atomic mass is 10.0. The van der Waals surface area contributed by atoms with Crippen LogP contribution in [0, 0.1) is 0 Å². The summed E-state index contributed by atoms with van der Waals surface area (Å²) in [6.07, 6.45) is 1.09. The van der Waals surface area contributed by atoms with Crippen LogP contribution < -0.4 is 5.32 Å². The molecule has 1 atom stereocenters. The summed E-state index contributed by atoms with van der Waals surface area (Å²) in [4.78, 5) is 25.6. The number of rotatable bonds is 6. The van der Waals surface area contributed by atoms with Gasteiger partial charge in [0.1, 0.15) is 0 Å². The third-order valence-corrected chi connectivity index (χ3v) is 4.56. The van der Waals surface area contributed by atoms with E-state index in [9.17, 15) is 9.59 Å². The van der Waals surface area contributed by atoms with Crippen LogP contribution in [0.25, 0.3) is 0 Å². The van der Waals surface area contributed by atoms with E-state index in [1.165, 1.54) is 0 Å². The van der Waals surface area contributed by atoms with Crippen LogP contribution in [0.15, 0.2) is 53.4 Å². The number of thioether (sulfide) groups is 1. The highest BCUT2D eigenvalue weighted by molar-refractivity contribution is 7.98. The molecule has 0 spiro atoms. The minimum Gasteiger partial charge on any atom is -0.449 e. The van der Waals surface area contributed by atoms with E-state index in [1.54, 1.807) is 30.8 Å². The summed E-state index contributed by atoms with van der Waals surface area (Å²) >= 11 is 1.60. The van der Waals surface area contributed by atoms with Gasteiger partial charge in [0.15, 0.2) is 6.10 Å². The molecular weight excluding hydrogens is 334 g/mol. The second-order valence-electron chi connectivity index (χ2n) is 6.01. The summed E-state index contributed by atoms with van der Waals surface area (Å²) in [7, 11) is 0. The Morgan fingerprint density at radius 1 is 1.00 bits per heavy atom. The molecule has 2 rings (SSSR count). The zero-order valence-corrected chi connectivity index (χ0v) is 15.7. The lowest BCUT2D eigenvalue weighted by molar-refractivity contribution is -0.123. The minimum absolute atomic E-state index is 0.282. The number of carbonyl (C=O) groups excluding carboxylic acids is 2. The summed E-state index contributed by atoms with van der Waals surface area (Å²) in [6, 6.07) is 14.7. The molecule has 5 heteroatoms. The Labute approximate surface area is 153 Å². The Bertz CT molecular complexity index is 741. The number of ether oxygens (including phenoxy) is 1. The quantitative estimate of drug-likeness (QED) is 0.600. The number of carbonyl (C=O) groups is 2. The van der Waals surface area contributed by atoms with Gasteiger partial charge >= 0.3 is 5.97 Å².